The summed E-state index contributed by atoms with van der Waals surface area (Å²) < 4.78 is 1.11. The number of nitrogen functional groups attached to an aromatic ring is 1. The van der Waals surface area contributed by atoms with Gasteiger partial charge in [0, 0.05) is 21.5 Å². The predicted molar refractivity (Wildman–Crippen MR) is 82.4 cm³/mol. The Morgan fingerprint density at radius 3 is 2.61 bits per heavy atom. The number of hydrogen-bond donors (Lipinski definition) is 2. The van der Waals surface area contributed by atoms with Crippen LogP contribution in [0.1, 0.15) is 18.1 Å². The lowest BCUT2D eigenvalue weighted by Crippen LogP contribution is -1.97. The summed E-state index contributed by atoms with van der Waals surface area (Å²) >= 11 is 3.50. The van der Waals surface area contributed by atoms with Crippen molar-refractivity contribution < 1.29 is 0 Å². The largest absolute Gasteiger partial charge is 0.399 e. The molecular weight excluding hydrogens is 288 g/mol. The second-order valence-electron chi connectivity index (χ2n) is 4.41. The van der Waals surface area contributed by atoms with E-state index in [-0.39, 0.29) is 0 Å². The number of hydrogen-bond acceptors (Lipinski definition) is 2. The second kappa shape index (κ2) is 5.44. The summed E-state index contributed by atoms with van der Waals surface area (Å²) in [5.74, 6) is 0. The van der Waals surface area contributed by atoms with Crippen LogP contribution in [0.5, 0.6) is 0 Å². The van der Waals surface area contributed by atoms with Crippen LogP contribution in [0, 0.1) is 6.92 Å². The highest BCUT2D eigenvalue weighted by Crippen LogP contribution is 2.26. The molecular formula is C15H17BrN2. The van der Waals surface area contributed by atoms with Gasteiger partial charge in [-0.3, -0.25) is 0 Å². The first-order valence-electron chi connectivity index (χ1n) is 6.01. The highest BCUT2D eigenvalue weighted by molar-refractivity contribution is 9.10. The van der Waals surface area contributed by atoms with E-state index in [0.717, 1.165) is 33.5 Å². The molecule has 18 heavy (non-hydrogen) atoms. The van der Waals surface area contributed by atoms with Gasteiger partial charge in [0.15, 0.2) is 0 Å². The quantitative estimate of drug-likeness (QED) is 0.810. The van der Waals surface area contributed by atoms with Crippen molar-refractivity contribution in [3.63, 3.8) is 0 Å². The summed E-state index contributed by atoms with van der Waals surface area (Å²) in [5.41, 5.74) is 11.2. The highest BCUT2D eigenvalue weighted by atomic mass is 79.9. The number of aryl methyl sites for hydroxylation is 2. The molecule has 3 N–H and O–H groups in total. The Labute approximate surface area is 116 Å². The molecule has 0 aliphatic heterocycles. The molecule has 2 nitrogen and oxygen atoms in total. The van der Waals surface area contributed by atoms with Crippen LogP contribution in [-0.4, -0.2) is 0 Å². The number of benzene rings is 2. The molecule has 2 aromatic rings. The molecule has 0 fully saturated rings. The minimum absolute atomic E-state index is 0.785. The fourth-order valence-corrected chi connectivity index (χ4v) is 2.43. The molecule has 0 amide bonds. The third-order valence-corrected chi connectivity index (χ3v) is 3.32. The standard InChI is InChI=1S/C15H17BrN2/c1-3-11-8-12(16)4-5-15(11)18-14-7-10(2)6-13(17)9-14/h4-9,18H,3,17H2,1-2H3. The number of rotatable bonds is 3. The monoisotopic (exact) mass is 304 g/mol. The third-order valence-electron chi connectivity index (χ3n) is 2.83. The Hall–Kier alpha value is -1.48. The van der Waals surface area contributed by atoms with Crippen LogP contribution < -0.4 is 11.1 Å². The first-order valence-corrected chi connectivity index (χ1v) is 6.80. The van der Waals surface area contributed by atoms with E-state index in [0.29, 0.717) is 0 Å². The average molecular weight is 305 g/mol. The van der Waals surface area contributed by atoms with Crippen LogP contribution in [0.15, 0.2) is 40.9 Å². The molecule has 3 heteroatoms. The fourth-order valence-electron chi connectivity index (χ4n) is 2.02. The molecule has 0 saturated carbocycles. The van der Waals surface area contributed by atoms with Crippen molar-refractivity contribution >= 4 is 33.0 Å². The summed E-state index contributed by atoms with van der Waals surface area (Å²) in [7, 11) is 0. The van der Waals surface area contributed by atoms with Crippen molar-refractivity contribution in [3.8, 4) is 0 Å². The maximum Gasteiger partial charge on any atom is 0.0417 e. The Morgan fingerprint density at radius 1 is 1.17 bits per heavy atom. The van der Waals surface area contributed by atoms with Gasteiger partial charge < -0.3 is 11.1 Å². The lowest BCUT2D eigenvalue weighted by Gasteiger charge is -2.12. The normalized spacial score (nSPS) is 10.4. The van der Waals surface area contributed by atoms with E-state index in [1.54, 1.807) is 0 Å². The third kappa shape index (κ3) is 3.05. The minimum atomic E-state index is 0.785. The lowest BCUT2D eigenvalue weighted by atomic mass is 10.1. The van der Waals surface area contributed by atoms with Crippen molar-refractivity contribution in [3.05, 3.63) is 52.0 Å². The van der Waals surface area contributed by atoms with Crippen molar-refractivity contribution in [2.75, 3.05) is 11.1 Å². The van der Waals surface area contributed by atoms with Crippen molar-refractivity contribution in [1.82, 2.24) is 0 Å². The van der Waals surface area contributed by atoms with Crippen molar-refractivity contribution in [2.45, 2.75) is 20.3 Å². The molecule has 0 radical (unpaired) electrons. The van der Waals surface area contributed by atoms with Crippen molar-refractivity contribution in [1.29, 1.82) is 0 Å². The Balaban J connectivity index is 2.33. The molecule has 94 valence electrons. The Bertz CT molecular complexity index is 544. The van der Waals surface area contributed by atoms with Crippen LogP contribution in [-0.2, 0) is 6.42 Å². The van der Waals surface area contributed by atoms with Gasteiger partial charge in [0.05, 0.1) is 0 Å². The molecule has 0 unspecified atom stereocenters. The minimum Gasteiger partial charge on any atom is -0.399 e. The first kappa shape index (κ1) is 13.0. The second-order valence-corrected chi connectivity index (χ2v) is 5.33. The van der Waals surface area contributed by atoms with E-state index in [4.69, 9.17) is 5.73 Å². The summed E-state index contributed by atoms with van der Waals surface area (Å²) in [6.07, 6.45) is 0.989. The van der Waals surface area contributed by atoms with E-state index < -0.39 is 0 Å². The van der Waals surface area contributed by atoms with Crippen LogP contribution in [0.3, 0.4) is 0 Å². The zero-order valence-corrected chi connectivity index (χ0v) is 12.2. The van der Waals surface area contributed by atoms with Gasteiger partial charge in [0.1, 0.15) is 0 Å². The molecule has 0 saturated heterocycles. The maximum absolute atomic E-state index is 5.86. The molecule has 0 aliphatic rings. The molecule has 0 bridgehead atoms. The van der Waals surface area contributed by atoms with E-state index in [2.05, 4.69) is 46.4 Å². The van der Waals surface area contributed by atoms with Crippen LogP contribution in [0.2, 0.25) is 0 Å². The molecule has 0 spiro atoms. The summed E-state index contributed by atoms with van der Waals surface area (Å²) in [4.78, 5) is 0. The van der Waals surface area contributed by atoms with Gasteiger partial charge in [-0.25, -0.2) is 0 Å². The number of halogens is 1. The molecule has 0 aliphatic carbocycles. The van der Waals surface area contributed by atoms with Crippen LogP contribution in [0.25, 0.3) is 0 Å². The topological polar surface area (TPSA) is 38.0 Å². The first-order chi connectivity index (χ1) is 8.58. The summed E-state index contributed by atoms with van der Waals surface area (Å²) in [6.45, 7) is 4.20. The SMILES string of the molecule is CCc1cc(Br)ccc1Nc1cc(C)cc(N)c1. The Morgan fingerprint density at radius 2 is 1.94 bits per heavy atom. The number of nitrogens with one attached hydrogen (secondary N) is 1. The zero-order valence-electron chi connectivity index (χ0n) is 10.6. The van der Waals surface area contributed by atoms with Gasteiger partial charge in [-0.2, -0.15) is 0 Å². The number of anilines is 3. The molecule has 0 aromatic heterocycles. The summed E-state index contributed by atoms with van der Waals surface area (Å²) in [6, 6.07) is 12.3. The van der Waals surface area contributed by atoms with Gasteiger partial charge in [-0.1, -0.05) is 22.9 Å². The van der Waals surface area contributed by atoms with Crippen LogP contribution >= 0.6 is 15.9 Å². The average Bonchev–Trinajstić information content (AvgIpc) is 2.30. The van der Waals surface area contributed by atoms with Gasteiger partial charge >= 0.3 is 0 Å². The molecule has 0 heterocycles. The lowest BCUT2D eigenvalue weighted by molar-refractivity contribution is 1.14. The van der Waals surface area contributed by atoms with Gasteiger partial charge in [0.25, 0.3) is 0 Å². The van der Waals surface area contributed by atoms with E-state index in [1.165, 1.54) is 5.56 Å². The molecule has 0 atom stereocenters. The van der Waals surface area contributed by atoms with Gasteiger partial charge in [-0.15, -0.1) is 0 Å². The number of nitrogens with two attached hydrogens (primary N) is 1. The molecule has 2 aromatic carbocycles. The van der Waals surface area contributed by atoms with Crippen LogP contribution in [0.4, 0.5) is 17.1 Å². The zero-order chi connectivity index (χ0) is 13.1. The Kier molecular flexibility index (Phi) is 3.92. The maximum atomic E-state index is 5.86. The van der Waals surface area contributed by atoms with Gasteiger partial charge in [-0.05, 0) is 60.9 Å². The predicted octanol–water partition coefficient (Wildman–Crippen LogP) is 4.65. The molecule has 2 rings (SSSR count). The highest BCUT2D eigenvalue weighted by Gasteiger charge is 2.03. The fraction of sp³-hybridized carbons (Fsp3) is 0.200. The summed E-state index contributed by atoms with van der Waals surface area (Å²) in [5, 5.41) is 3.43. The van der Waals surface area contributed by atoms with Crippen molar-refractivity contribution in [2.24, 2.45) is 0 Å². The van der Waals surface area contributed by atoms with Gasteiger partial charge in [0.2, 0.25) is 0 Å². The van der Waals surface area contributed by atoms with E-state index >= 15 is 0 Å². The van der Waals surface area contributed by atoms with E-state index in [9.17, 15) is 0 Å². The van der Waals surface area contributed by atoms with E-state index in [1.807, 2.05) is 25.1 Å². The smallest absolute Gasteiger partial charge is 0.0417 e.